The summed E-state index contributed by atoms with van der Waals surface area (Å²) in [5.74, 6) is 0.856. The second kappa shape index (κ2) is 4.75. The topological polar surface area (TPSA) is 29.1 Å². The lowest BCUT2D eigenvalue weighted by Gasteiger charge is -2.08. The molecular formula is C8H14BrNO. The van der Waals surface area contributed by atoms with Crippen LogP contribution in [0.4, 0.5) is 0 Å². The van der Waals surface area contributed by atoms with Gasteiger partial charge in [-0.15, -0.1) is 0 Å². The van der Waals surface area contributed by atoms with Crippen LogP contribution in [0.15, 0.2) is 0 Å². The standard InChI is InChI=1S/C8H14BrNO/c9-5-8(11)10-6-7-3-1-2-4-7/h7H,1-6H2,(H,10,11). The van der Waals surface area contributed by atoms with Gasteiger partial charge in [0, 0.05) is 6.54 Å². The van der Waals surface area contributed by atoms with Crippen molar-refractivity contribution in [2.45, 2.75) is 25.7 Å². The van der Waals surface area contributed by atoms with Gasteiger partial charge in [-0.1, -0.05) is 28.8 Å². The summed E-state index contributed by atoms with van der Waals surface area (Å²) in [6.45, 7) is 0.879. The Bertz CT molecular complexity index is 132. The Hall–Kier alpha value is -0.0500. The molecule has 3 heteroatoms. The van der Waals surface area contributed by atoms with E-state index in [1.54, 1.807) is 0 Å². The lowest BCUT2D eigenvalue weighted by molar-refractivity contribution is -0.118. The SMILES string of the molecule is O=C(CBr)NCC1CCCC1. The van der Waals surface area contributed by atoms with Gasteiger partial charge in [0.25, 0.3) is 0 Å². The number of halogens is 1. The maximum absolute atomic E-state index is 10.8. The van der Waals surface area contributed by atoms with Crippen molar-refractivity contribution in [1.29, 1.82) is 0 Å². The quantitative estimate of drug-likeness (QED) is 0.720. The van der Waals surface area contributed by atoms with Crippen molar-refractivity contribution in [3.8, 4) is 0 Å². The Balaban J connectivity index is 2.06. The van der Waals surface area contributed by atoms with Crippen molar-refractivity contribution < 1.29 is 4.79 Å². The van der Waals surface area contributed by atoms with Crippen LogP contribution in [0, 0.1) is 5.92 Å². The number of amides is 1. The molecule has 0 aromatic heterocycles. The number of carbonyl (C=O) groups excluding carboxylic acids is 1. The third-order valence-electron chi connectivity index (χ3n) is 2.18. The average molecular weight is 220 g/mol. The molecule has 0 bridgehead atoms. The van der Waals surface area contributed by atoms with Gasteiger partial charge in [-0.25, -0.2) is 0 Å². The van der Waals surface area contributed by atoms with Crippen LogP contribution in [0.1, 0.15) is 25.7 Å². The molecule has 0 radical (unpaired) electrons. The number of rotatable bonds is 3. The maximum atomic E-state index is 10.8. The molecule has 0 spiro atoms. The van der Waals surface area contributed by atoms with Crippen molar-refractivity contribution in [2.75, 3.05) is 11.9 Å². The van der Waals surface area contributed by atoms with Crippen molar-refractivity contribution in [3.63, 3.8) is 0 Å². The molecule has 1 aliphatic carbocycles. The molecule has 1 N–H and O–H groups in total. The molecule has 1 amide bonds. The Morgan fingerprint density at radius 2 is 2.09 bits per heavy atom. The highest BCUT2D eigenvalue weighted by atomic mass is 79.9. The van der Waals surface area contributed by atoms with E-state index in [-0.39, 0.29) is 5.91 Å². The van der Waals surface area contributed by atoms with Crippen molar-refractivity contribution in [3.05, 3.63) is 0 Å². The average Bonchev–Trinajstić information content (AvgIpc) is 2.52. The minimum absolute atomic E-state index is 0.108. The predicted octanol–water partition coefficient (Wildman–Crippen LogP) is 1.69. The molecule has 0 atom stereocenters. The fourth-order valence-corrected chi connectivity index (χ4v) is 1.72. The van der Waals surface area contributed by atoms with E-state index in [4.69, 9.17) is 0 Å². The summed E-state index contributed by atoms with van der Waals surface area (Å²) in [6, 6.07) is 0. The van der Waals surface area contributed by atoms with Gasteiger partial charge in [-0.2, -0.15) is 0 Å². The van der Waals surface area contributed by atoms with Crippen LogP contribution in [0.25, 0.3) is 0 Å². The molecule has 1 fully saturated rings. The fraction of sp³-hybridized carbons (Fsp3) is 0.875. The van der Waals surface area contributed by atoms with Gasteiger partial charge in [0.15, 0.2) is 0 Å². The molecule has 1 aliphatic rings. The Morgan fingerprint density at radius 1 is 1.45 bits per heavy atom. The first-order chi connectivity index (χ1) is 5.33. The van der Waals surface area contributed by atoms with Crippen molar-refractivity contribution in [2.24, 2.45) is 5.92 Å². The highest BCUT2D eigenvalue weighted by molar-refractivity contribution is 9.09. The zero-order chi connectivity index (χ0) is 8.10. The summed E-state index contributed by atoms with van der Waals surface area (Å²) in [4.78, 5) is 10.8. The molecule has 0 aromatic rings. The van der Waals surface area contributed by atoms with Crippen LogP contribution >= 0.6 is 15.9 Å². The predicted molar refractivity (Wildman–Crippen MR) is 48.8 cm³/mol. The Morgan fingerprint density at radius 3 is 2.64 bits per heavy atom. The Labute approximate surface area is 75.9 Å². The zero-order valence-corrected chi connectivity index (χ0v) is 8.19. The van der Waals surface area contributed by atoms with E-state index < -0.39 is 0 Å². The first kappa shape index (κ1) is 9.04. The first-order valence-corrected chi connectivity index (χ1v) is 5.27. The van der Waals surface area contributed by atoms with Crippen LogP contribution < -0.4 is 5.32 Å². The van der Waals surface area contributed by atoms with Gasteiger partial charge in [-0.05, 0) is 18.8 Å². The summed E-state index contributed by atoms with van der Waals surface area (Å²) in [6.07, 6.45) is 5.27. The van der Waals surface area contributed by atoms with Crippen LogP contribution in [-0.2, 0) is 4.79 Å². The molecule has 2 nitrogen and oxygen atoms in total. The molecule has 0 heterocycles. The van der Waals surface area contributed by atoms with Crippen LogP contribution in [0.5, 0.6) is 0 Å². The van der Waals surface area contributed by atoms with Crippen LogP contribution in [0.2, 0.25) is 0 Å². The minimum Gasteiger partial charge on any atom is -0.355 e. The fourth-order valence-electron chi connectivity index (χ4n) is 1.52. The van der Waals surface area contributed by atoms with E-state index in [1.165, 1.54) is 25.7 Å². The molecule has 1 rings (SSSR count). The molecule has 0 aliphatic heterocycles. The van der Waals surface area contributed by atoms with Gasteiger partial charge >= 0.3 is 0 Å². The van der Waals surface area contributed by atoms with Gasteiger partial charge in [0.05, 0.1) is 5.33 Å². The van der Waals surface area contributed by atoms with Crippen LogP contribution in [0.3, 0.4) is 0 Å². The summed E-state index contributed by atoms with van der Waals surface area (Å²) in [5, 5.41) is 3.32. The summed E-state index contributed by atoms with van der Waals surface area (Å²) in [7, 11) is 0. The summed E-state index contributed by atoms with van der Waals surface area (Å²) in [5.41, 5.74) is 0. The Kier molecular flexibility index (Phi) is 3.91. The molecule has 0 aromatic carbocycles. The van der Waals surface area contributed by atoms with Gasteiger partial charge in [0.2, 0.25) is 5.91 Å². The maximum Gasteiger partial charge on any atom is 0.230 e. The first-order valence-electron chi connectivity index (χ1n) is 4.15. The van der Waals surface area contributed by atoms with Crippen molar-refractivity contribution in [1.82, 2.24) is 5.32 Å². The van der Waals surface area contributed by atoms with Crippen molar-refractivity contribution >= 4 is 21.8 Å². The minimum atomic E-state index is 0.108. The molecular weight excluding hydrogens is 206 g/mol. The van der Waals surface area contributed by atoms with Gasteiger partial charge in [0.1, 0.15) is 0 Å². The largest absolute Gasteiger partial charge is 0.355 e. The molecule has 0 saturated heterocycles. The third-order valence-corrected chi connectivity index (χ3v) is 2.69. The number of hydrogen-bond acceptors (Lipinski definition) is 1. The van der Waals surface area contributed by atoms with E-state index in [2.05, 4.69) is 21.2 Å². The number of alkyl halides is 1. The number of hydrogen-bond donors (Lipinski definition) is 1. The second-order valence-corrected chi connectivity index (χ2v) is 3.65. The lowest BCUT2D eigenvalue weighted by atomic mass is 10.1. The smallest absolute Gasteiger partial charge is 0.230 e. The van der Waals surface area contributed by atoms with E-state index in [1.807, 2.05) is 0 Å². The highest BCUT2D eigenvalue weighted by Gasteiger charge is 2.14. The van der Waals surface area contributed by atoms with E-state index in [0.29, 0.717) is 5.33 Å². The second-order valence-electron chi connectivity index (χ2n) is 3.09. The highest BCUT2D eigenvalue weighted by Crippen LogP contribution is 2.23. The van der Waals surface area contributed by atoms with E-state index in [9.17, 15) is 4.79 Å². The number of carbonyl (C=O) groups is 1. The van der Waals surface area contributed by atoms with E-state index in [0.717, 1.165) is 12.5 Å². The third kappa shape index (κ3) is 3.23. The zero-order valence-electron chi connectivity index (χ0n) is 6.61. The monoisotopic (exact) mass is 219 g/mol. The summed E-state index contributed by atoms with van der Waals surface area (Å²) >= 11 is 3.11. The van der Waals surface area contributed by atoms with Crippen LogP contribution in [-0.4, -0.2) is 17.8 Å². The van der Waals surface area contributed by atoms with E-state index >= 15 is 0 Å². The molecule has 0 unspecified atom stereocenters. The van der Waals surface area contributed by atoms with Gasteiger partial charge in [-0.3, -0.25) is 4.79 Å². The number of nitrogens with one attached hydrogen (secondary N) is 1. The molecule has 64 valence electrons. The summed E-state index contributed by atoms with van der Waals surface area (Å²) < 4.78 is 0. The lowest BCUT2D eigenvalue weighted by Crippen LogP contribution is -2.28. The normalized spacial score (nSPS) is 18.6. The van der Waals surface area contributed by atoms with Gasteiger partial charge < -0.3 is 5.32 Å². The molecule has 1 saturated carbocycles. The molecule has 11 heavy (non-hydrogen) atoms.